The van der Waals surface area contributed by atoms with Crippen LogP contribution in [0.5, 0.6) is 0 Å². The third-order valence-corrected chi connectivity index (χ3v) is 5.50. The molecular formula is C21H37N3O13. The highest BCUT2D eigenvalue weighted by Gasteiger charge is 2.51. The number of nitrogens with zero attached hydrogens (tertiary/aromatic N) is 3. The smallest absolute Gasteiger partial charge is 0.332 e. The molecule has 0 bridgehead atoms. The van der Waals surface area contributed by atoms with Gasteiger partial charge in [-0.3, -0.25) is 0 Å². The highest BCUT2D eigenvalue weighted by Crippen LogP contribution is 2.30. The van der Waals surface area contributed by atoms with Gasteiger partial charge in [0.25, 0.3) is 0 Å². The fourth-order valence-corrected chi connectivity index (χ4v) is 3.79. The molecule has 0 amide bonds. The molecule has 37 heavy (non-hydrogen) atoms. The van der Waals surface area contributed by atoms with Crippen LogP contribution in [0.15, 0.2) is 5.11 Å². The molecule has 2 aliphatic heterocycles. The van der Waals surface area contributed by atoms with Gasteiger partial charge in [0.2, 0.25) is 0 Å². The van der Waals surface area contributed by atoms with Crippen LogP contribution in [0.4, 0.5) is 0 Å². The first-order valence-electron chi connectivity index (χ1n) is 11.8. The van der Waals surface area contributed by atoms with Gasteiger partial charge >= 0.3 is 5.97 Å². The van der Waals surface area contributed by atoms with Gasteiger partial charge < -0.3 is 59.1 Å². The molecule has 6 N–H and O–H groups in total. The first-order chi connectivity index (χ1) is 17.4. The van der Waals surface area contributed by atoms with Crippen LogP contribution in [0.1, 0.15) is 27.2 Å². The van der Waals surface area contributed by atoms with E-state index in [9.17, 15) is 35.4 Å². The summed E-state index contributed by atoms with van der Waals surface area (Å²) in [6.07, 6.45) is -14.7. The largest absolute Gasteiger partial charge is 0.458 e. The van der Waals surface area contributed by atoms with Gasteiger partial charge in [-0.2, -0.15) is 0 Å². The quantitative estimate of drug-likeness (QED) is 0.0503. The second-order valence-corrected chi connectivity index (χ2v) is 9.55. The van der Waals surface area contributed by atoms with Crippen molar-refractivity contribution in [2.75, 3.05) is 33.0 Å². The lowest BCUT2D eigenvalue weighted by Crippen LogP contribution is -2.65. The van der Waals surface area contributed by atoms with E-state index in [2.05, 4.69) is 10.0 Å². The van der Waals surface area contributed by atoms with Crippen LogP contribution in [0.2, 0.25) is 0 Å². The van der Waals surface area contributed by atoms with Crippen LogP contribution in [0, 0.1) is 0 Å². The van der Waals surface area contributed by atoms with Crippen molar-refractivity contribution < 1.29 is 63.9 Å². The number of hydrogen-bond acceptors (Lipinski definition) is 14. The highest BCUT2D eigenvalue weighted by molar-refractivity contribution is 5.71. The predicted molar refractivity (Wildman–Crippen MR) is 121 cm³/mol. The first-order valence-corrected chi connectivity index (χ1v) is 11.8. The number of carbonyl (C=O) groups excluding carboxylic acids is 1. The van der Waals surface area contributed by atoms with Crippen LogP contribution < -0.4 is 0 Å². The van der Waals surface area contributed by atoms with Gasteiger partial charge in [0.1, 0.15) is 61.0 Å². The predicted octanol–water partition coefficient (Wildman–Crippen LogP) is -2.31. The van der Waals surface area contributed by atoms with E-state index < -0.39 is 92.8 Å². The minimum absolute atomic E-state index is 0.0221. The van der Waals surface area contributed by atoms with Crippen molar-refractivity contribution in [2.24, 2.45) is 5.11 Å². The average molecular weight is 540 g/mol. The maximum Gasteiger partial charge on any atom is 0.332 e. The summed E-state index contributed by atoms with van der Waals surface area (Å²) in [6, 6.07) is 0. The van der Waals surface area contributed by atoms with Crippen LogP contribution in [-0.4, -0.2) is 137 Å². The Morgan fingerprint density at radius 2 is 1.57 bits per heavy atom. The SMILES string of the molecule is CC(C)(C)OC(=O)CO[C@H]1[C@@H](O)[C@@H](CO)O[C@@H](O[C@H]2[C@H](O)[C@@H](O)[C@H](OCCCN=[N+]=[N-])O[C@@H]2CO)[C@@H]1O. The van der Waals surface area contributed by atoms with Crippen molar-refractivity contribution in [1.29, 1.82) is 0 Å². The summed E-state index contributed by atoms with van der Waals surface area (Å²) < 4.78 is 32.4. The summed E-state index contributed by atoms with van der Waals surface area (Å²) in [6.45, 7) is 3.09. The molecule has 2 rings (SSSR count). The molecule has 0 aromatic rings. The van der Waals surface area contributed by atoms with Crippen molar-refractivity contribution in [2.45, 2.75) is 94.2 Å². The summed E-state index contributed by atoms with van der Waals surface area (Å²) in [5.74, 6) is -0.763. The van der Waals surface area contributed by atoms with Crippen LogP contribution in [0.3, 0.4) is 0 Å². The van der Waals surface area contributed by atoms with Gasteiger partial charge in [-0.05, 0) is 32.7 Å². The zero-order chi connectivity index (χ0) is 27.8. The standard InChI is InChI=1S/C21H37N3O13/c1-21(2,3)37-12(27)9-33-18-13(28)10(7-25)34-20(16(18)31)36-17-11(8-26)35-19(15(30)14(17)29)32-6-4-5-23-24-22/h10-11,13-20,25-26,28-31H,4-9H2,1-3H3/t10-,11-,13+,14-,15-,16-,17-,18+,19-,20+/m1/s1. The topological polar surface area (TPSA) is 243 Å². The fraction of sp³-hybridized carbons (Fsp3) is 0.952. The van der Waals surface area contributed by atoms with E-state index in [1.54, 1.807) is 20.8 Å². The molecule has 0 spiro atoms. The summed E-state index contributed by atoms with van der Waals surface area (Å²) in [7, 11) is 0. The molecule has 0 saturated carbocycles. The molecule has 2 heterocycles. The van der Waals surface area contributed by atoms with Crippen molar-refractivity contribution >= 4 is 5.97 Å². The van der Waals surface area contributed by atoms with Crippen LogP contribution >= 0.6 is 0 Å². The van der Waals surface area contributed by atoms with E-state index in [4.69, 9.17) is 34.0 Å². The molecule has 2 saturated heterocycles. The number of carbonyl (C=O) groups is 1. The van der Waals surface area contributed by atoms with Crippen molar-refractivity contribution in [3.8, 4) is 0 Å². The van der Waals surface area contributed by atoms with Crippen LogP contribution in [0.25, 0.3) is 10.4 Å². The minimum Gasteiger partial charge on any atom is -0.458 e. The van der Waals surface area contributed by atoms with Crippen LogP contribution in [-0.2, 0) is 33.2 Å². The molecule has 0 unspecified atom stereocenters. The van der Waals surface area contributed by atoms with Crippen molar-refractivity contribution in [3.63, 3.8) is 0 Å². The number of hydrogen-bond donors (Lipinski definition) is 6. The Hall–Kier alpha value is -1.66. The Labute approximate surface area is 213 Å². The summed E-state index contributed by atoms with van der Waals surface area (Å²) >= 11 is 0. The molecule has 2 aliphatic rings. The molecule has 16 nitrogen and oxygen atoms in total. The first kappa shape index (κ1) is 31.6. The maximum absolute atomic E-state index is 12.0. The number of esters is 1. The lowest BCUT2D eigenvalue weighted by atomic mass is 9.97. The maximum atomic E-state index is 12.0. The highest BCUT2D eigenvalue weighted by atomic mass is 16.7. The Morgan fingerprint density at radius 1 is 0.919 bits per heavy atom. The lowest BCUT2D eigenvalue weighted by Gasteiger charge is -2.46. The van der Waals surface area contributed by atoms with E-state index in [1.807, 2.05) is 0 Å². The van der Waals surface area contributed by atoms with Gasteiger partial charge in [-0.15, -0.1) is 0 Å². The van der Waals surface area contributed by atoms with Gasteiger partial charge in [-0.1, -0.05) is 5.11 Å². The molecule has 0 aromatic carbocycles. The number of rotatable bonds is 12. The molecule has 10 atom stereocenters. The normalized spacial score (nSPS) is 36.6. The Morgan fingerprint density at radius 3 is 2.16 bits per heavy atom. The summed E-state index contributed by atoms with van der Waals surface area (Å²) in [5.41, 5.74) is 7.50. The average Bonchev–Trinajstić information content (AvgIpc) is 2.83. The van der Waals surface area contributed by atoms with E-state index in [0.29, 0.717) is 6.42 Å². The van der Waals surface area contributed by atoms with Gasteiger partial charge in [-0.25, -0.2) is 4.79 Å². The van der Waals surface area contributed by atoms with E-state index >= 15 is 0 Å². The Balaban J connectivity index is 2.07. The second-order valence-electron chi connectivity index (χ2n) is 9.55. The molecule has 16 heteroatoms. The third kappa shape index (κ3) is 8.95. The number of ether oxygens (including phenoxy) is 6. The lowest BCUT2D eigenvalue weighted by molar-refractivity contribution is -0.361. The monoisotopic (exact) mass is 539 g/mol. The summed E-state index contributed by atoms with van der Waals surface area (Å²) in [5, 5.41) is 65.1. The van der Waals surface area contributed by atoms with E-state index in [1.165, 1.54) is 0 Å². The Bertz CT molecular complexity index is 760. The van der Waals surface area contributed by atoms with Gasteiger partial charge in [0.05, 0.1) is 13.2 Å². The molecule has 214 valence electrons. The zero-order valence-electron chi connectivity index (χ0n) is 20.9. The number of aliphatic hydroxyl groups excluding tert-OH is 6. The fourth-order valence-electron chi connectivity index (χ4n) is 3.79. The zero-order valence-corrected chi connectivity index (χ0v) is 20.9. The molecule has 0 aromatic heterocycles. The molecule has 0 aliphatic carbocycles. The second kappa shape index (κ2) is 14.5. The number of azide groups is 1. The molecular weight excluding hydrogens is 502 g/mol. The summed E-state index contributed by atoms with van der Waals surface area (Å²) in [4.78, 5) is 14.6. The Kier molecular flexibility index (Phi) is 12.4. The van der Waals surface area contributed by atoms with E-state index in [0.717, 1.165) is 0 Å². The minimum atomic E-state index is -1.72. The number of aliphatic hydroxyl groups is 6. The van der Waals surface area contributed by atoms with Gasteiger partial charge in [0, 0.05) is 18.1 Å². The van der Waals surface area contributed by atoms with Crippen molar-refractivity contribution in [3.05, 3.63) is 10.4 Å². The molecule has 2 fully saturated rings. The van der Waals surface area contributed by atoms with Gasteiger partial charge in [0.15, 0.2) is 12.6 Å². The van der Waals surface area contributed by atoms with Crippen molar-refractivity contribution in [1.82, 2.24) is 0 Å². The molecule has 0 radical (unpaired) electrons. The van der Waals surface area contributed by atoms with E-state index in [-0.39, 0.29) is 13.2 Å². The third-order valence-electron chi connectivity index (χ3n) is 5.50.